The lowest BCUT2D eigenvalue weighted by Gasteiger charge is -2.35. The van der Waals surface area contributed by atoms with Crippen molar-refractivity contribution in [1.82, 2.24) is 0 Å². The number of anilines is 1. The smallest absolute Gasteiger partial charge is 0.324 e. The normalized spacial score (nSPS) is 16.5. The Labute approximate surface area is 111 Å². The Morgan fingerprint density at radius 3 is 2.37 bits per heavy atom. The highest BCUT2D eigenvalue weighted by atomic mass is 16.5. The lowest BCUT2D eigenvalue weighted by molar-refractivity contribution is -0.182. The number of hydrogen-bond acceptors (Lipinski definition) is 3. The predicted molar refractivity (Wildman–Crippen MR) is 70.0 cm³/mol. The number of carboxylic acids is 1. The fourth-order valence-corrected chi connectivity index (χ4v) is 1.95. The number of carbonyl (C=O) groups excluding carboxylic acids is 1. The molecule has 1 fully saturated rings. The van der Waals surface area contributed by atoms with Crippen molar-refractivity contribution in [2.75, 3.05) is 18.5 Å². The highest BCUT2D eigenvalue weighted by molar-refractivity contribution is 6.09. The van der Waals surface area contributed by atoms with Crippen molar-refractivity contribution in [3.63, 3.8) is 0 Å². The predicted octanol–water partition coefficient (Wildman–Crippen LogP) is 1.68. The summed E-state index contributed by atoms with van der Waals surface area (Å²) >= 11 is 0. The average molecular weight is 263 g/mol. The van der Waals surface area contributed by atoms with E-state index in [1.165, 1.54) is 5.56 Å². The van der Waals surface area contributed by atoms with Crippen LogP contribution in [-0.2, 0) is 20.7 Å². The zero-order chi connectivity index (χ0) is 13.9. The molecule has 1 aliphatic rings. The molecule has 5 nitrogen and oxygen atoms in total. The summed E-state index contributed by atoms with van der Waals surface area (Å²) in [6.07, 6.45) is 2.05. The van der Waals surface area contributed by atoms with Gasteiger partial charge in [0.15, 0.2) is 5.41 Å². The van der Waals surface area contributed by atoms with Gasteiger partial charge in [0.2, 0.25) is 5.91 Å². The zero-order valence-electron chi connectivity index (χ0n) is 10.8. The molecule has 19 heavy (non-hydrogen) atoms. The van der Waals surface area contributed by atoms with E-state index in [2.05, 4.69) is 12.2 Å². The molecular weight excluding hydrogens is 246 g/mol. The SMILES string of the molecule is CCCc1ccc(NC(=O)C2(C(=O)O)COC2)cc1. The second-order valence-electron chi connectivity index (χ2n) is 4.78. The molecule has 0 radical (unpaired) electrons. The van der Waals surface area contributed by atoms with Gasteiger partial charge in [-0.1, -0.05) is 25.5 Å². The Kier molecular flexibility index (Phi) is 3.85. The number of ether oxygens (including phenoxy) is 1. The van der Waals surface area contributed by atoms with Crippen LogP contribution in [0, 0.1) is 5.41 Å². The number of amides is 1. The highest BCUT2D eigenvalue weighted by Gasteiger charge is 2.53. The second kappa shape index (κ2) is 5.40. The Bertz CT molecular complexity index is 477. The summed E-state index contributed by atoms with van der Waals surface area (Å²) in [5, 5.41) is 11.7. The van der Waals surface area contributed by atoms with Crippen molar-refractivity contribution in [3.8, 4) is 0 Å². The molecule has 1 amide bonds. The summed E-state index contributed by atoms with van der Waals surface area (Å²) in [5.74, 6) is -1.66. The largest absolute Gasteiger partial charge is 0.480 e. The van der Waals surface area contributed by atoms with Crippen LogP contribution in [0.1, 0.15) is 18.9 Å². The van der Waals surface area contributed by atoms with Gasteiger partial charge in [-0.2, -0.15) is 0 Å². The molecular formula is C14H17NO4. The minimum Gasteiger partial charge on any atom is -0.480 e. The molecule has 0 unspecified atom stereocenters. The first-order chi connectivity index (χ1) is 9.08. The number of aliphatic carboxylic acids is 1. The molecule has 1 aromatic carbocycles. The zero-order valence-corrected chi connectivity index (χ0v) is 10.8. The third-order valence-electron chi connectivity index (χ3n) is 3.29. The van der Waals surface area contributed by atoms with E-state index >= 15 is 0 Å². The van der Waals surface area contributed by atoms with E-state index in [1.54, 1.807) is 12.1 Å². The van der Waals surface area contributed by atoms with Gasteiger partial charge < -0.3 is 15.2 Å². The van der Waals surface area contributed by atoms with Crippen LogP contribution in [0.3, 0.4) is 0 Å². The molecule has 1 aliphatic heterocycles. The van der Waals surface area contributed by atoms with Crippen LogP contribution in [0.25, 0.3) is 0 Å². The number of carbonyl (C=O) groups is 2. The first kappa shape index (κ1) is 13.5. The first-order valence-electron chi connectivity index (χ1n) is 6.30. The molecule has 102 valence electrons. The topological polar surface area (TPSA) is 75.6 Å². The van der Waals surface area contributed by atoms with Crippen LogP contribution in [0.2, 0.25) is 0 Å². The fraction of sp³-hybridized carbons (Fsp3) is 0.429. The van der Waals surface area contributed by atoms with E-state index in [0.717, 1.165) is 12.8 Å². The molecule has 0 saturated carbocycles. The van der Waals surface area contributed by atoms with Crippen LogP contribution < -0.4 is 5.32 Å². The summed E-state index contributed by atoms with van der Waals surface area (Å²) < 4.78 is 4.87. The van der Waals surface area contributed by atoms with Gasteiger partial charge >= 0.3 is 5.97 Å². The molecule has 0 atom stereocenters. The summed E-state index contributed by atoms with van der Waals surface area (Å²) in [6, 6.07) is 7.45. The molecule has 0 bridgehead atoms. The Balaban J connectivity index is 2.04. The Morgan fingerprint density at radius 1 is 1.32 bits per heavy atom. The van der Waals surface area contributed by atoms with Gasteiger partial charge in [0, 0.05) is 5.69 Å². The van der Waals surface area contributed by atoms with Crippen molar-refractivity contribution in [2.45, 2.75) is 19.8 Å². The van der Waals surface area contributed by atoms with Crippen molar-refractivity contribution in [2.24, 2.45) is 5.41 Å². The molecule has 5 heteroatoms. The van der Waals surface area contributed by atoms with Crippen LogP contribution in [0.15, 0.2) is 24.3 Å². The van der Waals surface area contributed by atoms with Gasteiger partial charge in [-0.25, -0.2) is 0 Å². The van der Waals surface area contributed by atoms with Gasteiger partial charge in [0.1, 0.15) is 0 Å². The van der Waals surface area contributed by atoms with E-state index in [4.69, 9.17) is 9.84 Å². The number of benzene rings is 1. The lowest BCUT2D eigenvalue weighted by atomic mass is 9.85. The van der Waals surface area contributed by atoms with Crippen molar-refractivity contribution >= 4 is 17.6 Å². The third kappa shape index (κ3) is 2.61. The van der Waals surface area contributed by atoms with E-state index < -0.39 is 17.3 Å². The molecule has 0 aliphatic carbocycles. The highest BCUT2D eigenvalue weighted by Crippen LogP contribution is 2.29. The van der Waals surface area contributed by atoms with E-state index in [0.29, 0.717) is 5.69 Å². The maximum absolute atomic E-state index is 12.0. The lowest BCUT2D eigenvalue weighted by Crippen LogP contribution is -2.57. The molecule has 2 rings (SSSR count). The number of rotatable bonds is 5. The van der Waals surface area contributed by atoms with Gasteiger partial charge in [0.25, 0.3) is 0 Å². The summed E-state index contributed by atoms with van der Waals surface area (Å²) in [4.78, 5) is 23.1. The van der Waals surface area contributed by atoms with Crippen molar-refractivity contribution in [3.05, 3.63) is 29.8 Å². The van der Waals surface area contributed by atoms with Crippen LogP contribution in [-0.4, -0.2) is 30.2 Å². The van der Waals surface area contributed by atoms with Crippen LogP contribution in [0.5, 0.6) is 0 Å². The minimum absolute atomic E-state index is 0.0674. The Morgan fingerprint density at radius 2 is 1.95 bits per heavy atom. The summed E-state index contributed by atoms with van der Waals surface area (Å²) in [6.45, 7) is 1.97. The summed E-state index contributed by atoms with van der Waals surface area (Å²) in [7, 11) is 0. The van der Waals surface area contributed by atoms with Crippen molar-refractivity contribution in [1.29, 1.82) is 0 Å². The summed E-state index contributed by atoms with van der Waals surface area (Å²) in [5.41, 5.74) is 0.375. The molecule has 1 aromatic rings. The van der Waals surface area contributed by atoms with Crippen LogP contribution >= 0.6 is 0 Å². The number of nitrogens with one attached hydrogen (secondary N) is 1. The molecule has 2 N–H and O–H groups in total. The van der Waals surface area contributed by atoms with Crippen LogP contribution in [0.4, 0.5) is 5.69 Å². The molecule has 1 heterocycles. The van der Waals surface area contributed by atoms with E-state index in [9.17, 15) is 9.59 Å². The first-order valence-corrected chi connectivity index (χ1v) is 6.30. The minimum atomic E-state index is -1.43. The van der Waals surface area contributed by atoms with Crippen molar-refractivity contribution < 1.29 is 19.4 Å². The maximum Gasteiger partial charge on any atom is 0.324 e. The molecule has 1 saturated heterocycles. The number of aryl methyl sites for hydroxylation is 1. The van der Waals surface area contributed by atoms with E-state index in [-0.39, 0.29) is 13.2 Å². The fourth-order valence-electron chi connectivity index (χ4n) is 1.95. The van der Waals surface area contributed by atoms with E-state index in [1.807, 2.05) is 12.1 Å². The Hall–Kier alpha value is -1.88. The average Bonchev–Trinajstić information content (AvgIpc) is 2.30. The number of hydrogen-bond donors (Lipinski definition) is 2. The quantitative estimate of drug-likeness (QED) is 0.792. The third-order valence-corrected chi connectivity index (χ3v) is 3.29. The van der Waals surface area contributed by atoms with Gasteiger partial charge in [-0.15, -0.1) is 0 Å². The second-order valence-corrected chi connectivity index (χ2v) is 4.78. The number of carboxylic acid groups (broad SMARTS) is 1. The van der Waals surface area contributed by atoms with Gasteiger partial charge in [-0.3, -0.25) is 9.59 Å². The molecule has 0 spiro atoms. The maximum atomic E-state index is 12.0. The van der Waals surface area contributed by atoms with Gasteiger partial charge in [-0.05, 0) is 24.1 Å². The standard InChI is InChI=1S/C14H17NO4/c1-2-3-10-4-6-11(7-5-10)15-12(16)14(13(17)18)8-19-9-14/h4-7H,2-3,8-9H2,1H3,(H,15,16)(H,17,18). The van der Waals surface area contributed by atoms with Gasteiger partial charge in [0.05, 0.1) is 13.2 Å². The molecule has 0 aromatic heterocycles. The monoisotopic (exact) mass is 263 g/mol.